The van der Waals surface area contributed by atoms with Crippen molar-refractivity contribution in [1.29, 1.82) is 0 Å². The van der Waals surface area contributed by atoms with Crippen LogP contribution in [0.3, 0.4) is 0 Å². The van der Waals surface area contributed by atoms with E-state index in [1.165, 1.54) is 4.70 Å². The lowest BCUT2D eigenvalue weighted by atomic mass is 10.2. The van der Waals surface area contributed by atoms with Gasteiger partial charge in [-0.05, 0) is 35.9 Å². The Bertz CT molecular complexity index is 1010. The van der Waals surface area contributed by atoms with Crippen LogP contribution in [-0.2, 0) is 0 Å². The molecule has 0 radical (unpaired) electrons. The number of fused-ring (bicyclic) bond motifs is 1. The summed E-state index contributed by atoms with van der Waals surface area (Å²) in [5, 5.41) is 1.00. The van der Waals surface area contributed by atoms with Crippen molar-refractivity contribution in [2.24, 2.45) is 4.99 Å². The summed E-state index contributed by atoms with van der Waals surface area (Å²) in [6.45, 7) is 0. The molecule has 0 amide bonds. The second kappa shape index (κ2) is 7.24. The van der Waals surface area contributed by atoms with Crippen molar-refractivity contribution < 1.29 is 0 Å². The Kier molecular flexibility index (Phi) is 4.49. The number of benzene rings is 3. The van der Waals surface area contributed by atoms with Gasteiger partial charge in [0.25, 0.3) is 0 Å². The molecule has 1 heterocycles. The van der Waals surface area contributed by atoms with Crippen molar-refractivity contribution in [1.82, 2.24) is 4.98 Å². The van der Waals surface area contributed by atoms with Crippen LogP contribution in [0.5, 0.6) is 0 Å². The molecule has 4 rings (SSSR count). The van der Waals surface area contributed by atoms with Gasteiger partial charge in [0.15, 0.2) is 0 Å². The summed E-state index contributed by atoms with van der Waals surface area (Å²) in [7, 11) is 0. The highest BCUT2D eigenvalue weighted by Gasteiger charge is 2.09. The summed E-state index contributed by atoms with van der Waals surface area (Å²) in [5.41, 5.74) is 4.19. The van der Waals surface area contributed by atoms with E-state index in [9.17, 15) is 0 Å². The van der Waals surface area contributed by atoms with Crippen LogP contribution in [0.2, 0.25) is 0 Å². The van der Waals surface area contributed by atoms with Gasteiger partial charge in [-0.15, -0.1) is 11.3 Å². The minimum Gasteiger partial charge on any atom is -0.256 e. The lowest BCUT2D eigenvalue weighted by Crippen LogP contribution is -1.78. The zero-order valence-electron chi connectivity index (χ0n) is 13.5. The maximum absolute atomic E-state index is 4.75. The van der Waals surface area contributed by atoms with Crippen LogP contribution in [0.15, 0.2) is 89.9 Å². The Morgan fingerprint density at radius 2 is 1.56 bits per heavy atom. The Balaban J connectivity index is 1.63. The molecule has 0 bridgehead atoms. The average Bonchev–Trinajstić information content (AvgIpc) is 3.10. The van der Waals surface area contributed by atoms with Gasteiger partial charge in [0.05, 0.1) is 15.9 Å². The highest BCUT2D eigenvalue weighted by Crippen LogP contribution is 2.35. The number of aromatic nitrogens is 1. The number of aliphatic imine (C=N–C) groups is 1. The molecule has 3 aromatic carbocycles. The molecular formula is C22H16N2S. The monoisotopic (exact) mass is 340 g/mol. The fourth-order valence-electron chi connectivity index (χ4n) is 2.60. The Hall–Kier alpha value is -3.04. The summed E-state index contributed by atoms with van der Waals surface area (Å²) >= 11 is 1.70. The molecule has 25 heavy (non-hydrogen) atoms. The summed E-state index contributed by atoms with van der Waals surface area (Å²) < 4.78 is 1.19. The highest BCUT2D eigenvalue weighted by molar-refractivity contribution is 7.21. The van der Waals surface area contributed by atoms with E-state index in [-0.39, 0.29) is 0 Å². The van der Waals surface area contributed by atoms with Crippen LogP contribution >= 0.6 is 11.3 Å². The Morgan fingerprint density at radius 1 is 0.800 bits per heavy atom. The zero-order chi connectivity index (χ0) is 16.9. The first-order chi connectivity index (χ1) is 12.4. The van der Waals surface area contributed by atoms with Crippen LogP contribution in [0.25, 0.3) is 26.9 Å². The van der Waals surface area contributed by atoms with Gasteiger partial charge < -0.3 is 0 Å². The summed E-state index contributed by atoms with van der Waals surface area (Å²) in [6, 6.07) is 26.5. The van der Waals surface area contributed by atoms with Crippen molar-refractivity contribution in [3.8, 4) is 10.6 Å². The SMILES string of the molecule is C(=Cc1ccccc1)C=Nc1ccccc1-c1nc2ccccc2s1. The number of para-hydroxylation sites is 2. The van der Waals surface area contributed by atoms with Gasteiger partial charge >= 0.3 is 0 Å². The van der Waals surface area contributed by atoms with Crippen LogP contribution in [0.4, 0.5) is 5.69 Å². The van der Waals surface area contributed by atoms with Crippen molar-refractivity contribution >= 4 is 39.5 Å². The molecule has 1 aromatic heterocycles. The first-order valence-corrected chi connectivity index (χ1v) is 8.92. The van der Waals surface area contributed by atoms with Gasteiger partial charge in [-0.2, -0.15) is 0 Å². The van der Waals surface area contributed by atoms with Gasteiger partial charge in [0.2, 0.25) is 0 Å². The zero-order valence-corrected chi connectivity index (χ0v) is 14.4. The van der Waals surface area contributed by atoms with Crippen molar-refractivity contribution in [3.63, 3.8) is 0 Å². The fraction of sp³-hybridized carbons (Fsp3) is 0. The van der Waals surface area contributed by atoms with Crippen molar-refractivity contribution in [3.05, 3.63) is 90.5 Å². The topological polar surface area (TPSA) is 25.2 Å². The average molecular weight is 340 g/mol. The molecule has 0 N–H and O–H groups in total. The first-order valence-electron chi connectivity index (χ1n) is 8.11. The maximum atomic E-state index is 4.75. The number of rotatable bonds is 4. The lowest BCUT2D eigenvalue weighted by molar-refractivity contribution is 1.45. The number of hydrogen-bond donors (Lipinski definition) is 0. The predicted octanol–water partition coefficient (Wildman–Crippen LogP) is 6.38. The van der Waals surface area contributed by atoms with Crippen molar-refractivity contribution in [2.45, 2.75) is 0 Å². The minimum atomic E-state index is 0.930. The number of hydrogen-bond acceptors (Lipinski definition) is 3. The molecule has 120 valence electrons. The number of nitrogens with zero attached hydrogens (tertiary/aromatic N) is 2. The molecule has 3 heteroatoms. The van der Waals surface area contributed by atoms with Crippen LogP contribution < -0.4 is 0 Å². The molecule has 0 aliphatic carbocycles. The second-order valence-corrected chi connectivity index (χ2v) is 6.58. The summed E-state index contributed by atoms with van der Waals surface area (Å²) in [6.07, 6.45) is 5.84. The largest absolute Gasteiger partial charge is 0.256 e. The van der Waals surface area contributed by atoms with Gasteiger partial charge in [-0.25, -0.2) is 4.98 Å². The molecule has 0 saturated heterocycles. The molecule has 4 aromatic rings. The molecule has 0 fully saturated rings. The molecule has 0 saturated carbocycles. The summed E-state index contributed by atoms with van der Waals surface area (Å²) in [5.74, 6) is 0. The third-order valence-electron chi connectivity index (χ3n) is 3.82. The van der Waals surface area contributed by atoms with E-state index in [4.69, 9.17) is 4.98 Å². The van der Waals surface area contributed by atoms with Gasteiger partial charge in [-0.1, -0.05) is 60.7 Å². The molecule has 0 atom stereocenters. The van der Waals surface area contributed by atoms with E-state index in [2.05, 4.69) is 29.3 Å². The van der Waals surface area contributed by atoms with Gasteiger partial charge in [0, 0.05) is 11.8 Å². The molecule has 0 unspecified atom stereocenters. The predicted molar refractivity (Wildman–Crippen MR) is 109 cm³/mol. The van der Waals surface area contributed by atoms with E-state index < -0.39 is 0 Å². The normalized spacial score (nSPS) is 11.7. The maximum Gasteiger partial charge on any atom is 0.126 e. The standard InChI is InChI=1S/C22H16N2S/c1-2-9-17(10-3-1)11-8-16-23-19-13-5-4-12-18(19)22-24-20-14-6-7-15-21(20)25-22/h1-16H. The second-order valence-electron chi connectivity index (χ2n) is 5.55. The molecule has 0 aliphatic rings. The third-order valence-corrected chi connectivity index (χ3v) is 4.89. The third kappa shape index (κ3) is 3.57. The minimum absolute atomic E-state index is 0.930. The number of thiazole rings is 1. The Labute approximate surface area is 150 Å². The van der Waals surface area contributed by atoms with E-state index in [1.807, 2.05) is 73.0 Å². The molecule has 0 aliphatic heterocycles. The van der Waals surface area contributed by atoms with Crippen LogP contribution in [0, 0.1) is 0 Å². The molecule has 2 nitrogen and oxygen atoms in total. The van der Waals surface area contributed by atoms with Crippen LogP contribution in [-0.4, -0.2) is 11.2 Å². The van der Waals surface area contributed by atoms with Gasteiger partial charge in [0.1, 0.15) is 5.01 Å². The van der Waals surface area contributed by atoms with E-state index in [0.29, 0.717) is 0 Å². The molecular weight excluding hydrogens is 324 g/mol. The first kappa shape index (κ1) is 15.5. The Morgan fingerprint density at radius 3 is 2.44 bits per heavy atom. The lowest BCUT2D eigenvalue weighted by Gasteiger charge is -2.00. The smallest absolute Gasteiger partial charge is 0.126 e. The van der Waals surface area contributed by atoms with E-state index in [0.717, 1.165) is 27.3 Å². The van der Waals surface area contributed by atoms with Crippen molar-refractivity contribution in [2.75, 3.05) is 0 Å². The van der Waals surface area contributed by atoms with Gasteiger partial charge in [-0.3, -0.25) is 4.99 Å². The van der Waals surface area contributed by atoms with Crippen LogP contribution in [0.1, 0.15) is 5.56 Å². The number of allylic oxidation sites excluding steroid dienone is 1. The molecule has 0 spiro atoms. The van der Waals surface area contributed by atoms with E-state index >= 15 is 0 Å². The highest BCUT2D eigenvalue weighted by atomic mass is 32.1. The fourth-order valence-corrected chi connectivity index (χ4v) is 3.60. The summed E-state index contributed by atoms with van der Waals surface area (Å²) in [4.78, 5) is 9.37. The quantitative estimate of drug-likeness (QED) is 0.396. The van der Waals surface area contributed by atoms with E-state index in [1.54, 1.807) is 11.3 Å².